The summed E-state index contributed by atoms with van der Waals surface area (Å²) in [5.74, 6) is 0.224. The fraction of sp³-hybridized carbons (Fsp3) is 0.417. The molecule has 0 bridgehead atoms. The molecule has 1 rings (SSSR count). The summed E-state index contributed by atoms with van der Waals surface area (Å²) >= 11 is 3.37. The van der Waals surface area contributed by atoms with Gasteiger partial charge >= 0.3 is 5.97 Å². The van der Waals surface area contributed by atoms with E-state index in [9.17, 15) is 4.79 Å². The second-order valence-electron chi connectivity index (χ2n) is 3.56. The minimum absolute atomic E-state index is 0.102. The summed E-state index contributed by atoms with van der Waals surface area (Å²) in [6.45, 7) is 3.86. The Kier molecular flexibility index (Phi) is 5.44. The van der Waals surface area contributed by atoms with Gasteiger partial charge in [0.1, 0.15) is 5.75 Å². The predicted octanol–water partition coefficient (Wildman–Crippen LogP) is 2.41. The highest BCUT2D eigenvalue weighted by Crippen LogP contribution is 2.27. The van der Waals surface area contributed by atoms with Gasteiger partial charge in [-0.05, 0) is 32.0 Å². The maximum Gasteiger partial charge on any atom is 0.344 e. The van der Waals surface area contributed by atoms with E-state index in [0.717, 1.165) is 10.0 Å². The number of esters is 1. The molecule has 0 aromatic heterocycles. The summed E-state index contributed by atoms with van der Waals surface area (Å²) in [7, 11) is 0. The van der Waals surface area contributed by atoms with Crippen LogP contribution in [0.4, 0.5) is 0 Å². The van der Waals surface area contributed by atoms with E-state index in [2.05, 4.69) is 15.9 Å². The summed E-state index contributed by atoms with van der Waals surface area (Å²) in [5.41, 5.74) is 6.68. The molecular weight excluding hydrogens is 286 g/mol. The third-order valence-corrected chi connectivity index (χ3v) is 2.61. The Morgan fingerprint density at radius 1 is 1.53 bits per heavy atom. The molecule has 2 N–H and O–H groups in total. The van der Waals surface area contributed by atoms with Gasteiger partial charge in [-0.2, -0.15) is 0 Å². The SMILES string of the molecule is CCOC(=O)COc1ccc(Br)cc1[C@@H](C)N. The van der Waals surface area contributed by atoms with E-state index < -0.39 is 0 Å². The molecule has 17 heavy (non-hydrogen) atoms. The van der Waals surface area contributed by atoms with Crippen LogP contribution in [-0.2, 0) is 9.53 Å². The Bertz CT molecular complexity index is 393. The van der Waals surface area contributed by atoms with Crippen molar-refractivity contribution in [2.45, 2.75) is 19.9 Å². The molecule has 0 saturated carbocycles. The first kappa shape index (κ1) is 14.0. The smallest absolute Gasteiger partial charge is 0.344 e. The van der Waals surface area contributed by atoms with Gasteiger partial charge in [0.05, 0.1) is 6.61 Å². The normalized spacial score (nSPS) is 12.0. The largest absolute Gasteiger partial charge is 0.482 e. The number of rotatable bonds is 5. The van der Waals surface area contributed by atoms with Crippen LogP contribution in [0.15, 0.2) is 22.7 Å². The van der Waals surface area contributed by atoms with Crippen molar-refractivity contribution < 1.29 is 14.3 Å². The van der Waals surface area contributed by atoms with Crippen molar-refractivity contribution in [3.05, 3.63) is 28.2 Å². The van der Waals surface area contributed by atoms with Gasteiger partial charge in [-0.25, -0.2) is 4.79 Å². The van der Waals surface area contributed by atoms with E-state index in [1.807, 2.05) is 19.1 Å². The van der Waals surface area contributed by atoms with Crippen LogP contribution >= 0.6 is 15.9 Å². The van der Waals surface area contributed by atoms with Gasteiger partial charge < -0.3 is 15.2 Å². The van der Waals surface area contributed by atoms with E-state index in [-0.39, 0.29) is 18.6 Å². The zero-order chi connectivity index (χ0) is 12.8. The summed E-state index contributed by atoms with van der Waals surface area (Å²) in [6.07, 6.45) is 0. The van der Waals surface area contributed by atoms with Crippen LogP contribution in [0.2, 0.25) is 0 Å². The first-order valence-electron chi connectivity index (χ1n) is 5.38. The molecule has 0 unspecified atom stereocenters. The molecule has 0 aliphatic carbocycles. The number of carbonyl (C=O) groups is 1. The maximum atomic E-state index is 11.2. The molecule has 0 fully saturated rings. The highest BCUT2D eigenvalue weighted by Gasteiger charge is 2.11. The lowest BCUT2D eigenvalue weighted by Crippen LogP contribution is -2.16. The Morgan fingerprint density at radius 2 is 2.24 bits per heavy atom. The Hall–Kier alpha value is -1.07. The van der Waals surface area contributed by atoms with E-state index in [1.165, 1.54) is 0 Å². The summed E-state index contributed by atoms with van der Waals surface area (Å²) < 4.78 is 11.1. The first-order valence-corrected chi connectivity index (χ1v) is 6.17. The number of ether oxygens (including phenoxy) is 2. The predicted molar refractivity (Wildman–Crippen MR) is 68.9 cm³/mol. The lowest BCUT2D eigenvalue weighted by atomic mass is 10.1. The molecule has 1 aromatic rings. The van der Waals surface area contributed by atoms with Crippen LogP contribution in [-0.4, -0.2) is 19.2 Å². The summed E-state index contributed by atoms with van der Waals surface area (Å²) in [4.78, 5) is 11.2. The molecule has 0 amide bonds. The van der Waals surface area contributed by atoms with Gasteiger partial charge in [-0.1, -0.05) is 15.9 Å². The van der Waals surface area contributed by atoms with Crippen LogP contribution in [0.1, 0.15) is 25.5 Å². The zero-order valence-electron chi connectivity index (χ0n) is 9.90. The van der Waals surface area contributed by atoms with Crippen LogP contribution in [0.5, 0.6) is 5.75 Å². The van der Waals surface area contributed by atoms with Crippen molar-refractivity contribution in [3.63, 3.8) is 0 Å². The maximum absolute atomic E-state index is 11.2. The third-order valence-electron chi connectivity index (χ3n) is 2.11. The first-order chi connectivity index (χ1) is 8.04. The number of hydrogen-bond acceptors (Lipinski definition) is 4. The van der Waals surface area contributed by atoms with Gasteiger partial charge in [0.25, 0.3) is 0 Å². The Morgan fingerprint density at radius 3 is 2.82 bits per heavy atom. The fourth-order valence-corrected chi connectivity index (χ4v) is 1.72. The van der Waals surface area contributed by atoms with Crippen molar-refractivity contribution in [2.75, 3.05) is 13.2 Å². The molecule has 1 atom stereocenters. The Labute approximate surface area is 109 Å². The minimum atomic E-state index is -0.383. The van der Waals surface area contributed by atoms with Crippen molar-refractivity contribution in [2.24, 2.45) is 5.73 Å². The average molecular weight is 302 g/mol. The van der Waals surface area contributed by atoms with Crippen LogP contribution in [0.3, 0.4) is 0 Å². The molecule has 0 aliphatic rings. The molecule has 0 radical (unpaired) electrons. The summed E-state index contributed by atoms with van der Waals surface area (Å²) in [6, 6.07) is 5.34. The minimum Gasteiger partial charge on any atom is -0.482 e. The van der Waals surface area contributed by atoms with Crippen LogP contribution < -0.4 is 10.5 Å². The van der Waals surface area contributed by atoms with E-state index in [0.29, 0.717) is 12.4 Å². The molecule has 94 valence electrons. The Balaban J connectivity index is 2.73. The number of halogens is 1. The van der Waals surface area contributed by atoms with Gasteiger partial charge in [0, 0.05) is 16.1 Å². The third kappa shape index (κ3) is 4.36. The topological polar surface area (TPSA) is 61.5 Å². The number of benzene rings is 1. The van der Waals surface area contributed by atoms with Crippen LogP contribution in [0.25, 0.3) is 0 Å². The number of hydrogen-bond donors (Lipinski definition) is 1. The molecule has 0 heterocycles. The highest BCUT2D eigenvalue weighted by molar-refractivity contribution is 9.10. The number of nitrogens with two attached hydrogens (primary N) is 1. The van der Waals surface area contributed by atoms with Gasteiger partial charge in [0.2, 0.25) is 0 Å². The molecule has 0 spiro atoms. The van der Waals surface area contributed by atoms with Gasteiger partial charge in [0.15, 0.2) is 6.61 Å². The van der Waals surface area contributed by atoms with Crippen LogP contribution in [0, 0.1) is 0 Å². The van der Waals surface area contributed by atoms with E-state index in [4.69, 9.17) is 15.2 Å². The van der Waals surface area contributed by atoms with E-state index in [1.54, 1.807) is 13.0 Å². The molecule has 1 aromatic carbocycles. The molecule has 0 aliphatic heterocycles. The van der Waals surface area contributed by atoms with Crippen molar-refractivity contribution in [3.8, 4) is 5.75 Å². The van der Waals surface area contributed by atoms with E-state index >= 15 is 0 Å². The van der Waals surface area contributed by atoms with Gasteiger partial charge in [-0.3, -0.25) is 0 Å². The molecular formula is C12H16BrNO3. The molecule has 4 nitrogen and oxygen atoms in total. The fourth-order valence-electron chi connectivity index (χ4n) is 1.35. The highest BCUT2D eigenvalue weighted by atomic mass is 79.9. The number of carbonyl (C=O) groups excluding carboxylic acids is 1. The summed E-state index contributed by atoms with van der Waals surface area (Å²) in [5, 5.41) is 0. The second-order valence-corrected chi connectivity index (χ2v) is 4.48. The van der Waals surface area contributed by atoms with Crippen molar-refractivity contribution in [1.82, 2.24) is 0 Å². The second kappa shape index (κ2) is 6.61. The standard InChI is InChI=1S/C12H16BrNO3/c1-3-16-12(15)7-17-11-5-4-9(13)6-10(11)8(2)14/h4-6,8H,3,7,14H2,1-2H3/t8-/m1/s1. The average Bonchev–Trinajstić information content (AvgIpc) is 2.27. The lowest BCUT2D eigenvalue weighted by Gasteiger charge is -2.13. The van der Waals surface area contributed by atoms with Gasteiger partial charge in [-0.15, -0.1) is 0 Å². The monoisotopic (exact) mass is 301 g/mol. The molecule has 0 saturated heterocycles. The zero-order valence-corrected chi connectivity index (χ0v) is 11.5. The van der Waals surface area contributed by atoms with Crippen molar-refractivity contribution >= 4 is 21.9 Å². The lowest BCUT2D eigenvalue weighted by molar-refractivity contribution is -0.145. The van der Waals surface area contributed by atoms with Crippen molar-refractivity contribution in [1.29, 1.82) is 0 Å². The quantitative estimate of drug-likeness (QED) is 0.849. The molecule has 5 heteroatoms.